The van der Waals surface area contributed by atoms with Gasteiger partial charge in [0.2, 0.25) is 0 Å². The molecule has 0 aromatic heterocycles. The third-order valence-electron chi connectivity index (χ3n) is 2.29. The van der Waals surface area contributed by atoms with E-state index < -0.39 is 17.5 Å². The Balaban J connectivity index is 2.18. The fourth-order valence-electron chi connectivity index (χ4n) is 1.34. The smallest absolute Gasteiger partial charge is 0.156 e. The van der Waals surface area contributed by atoms with Gasteiger partial charge in [0.05, 0.1) is 5.69 Å². The molecule has 0 aliphatic carbocycles. The molecule has 0 unspecified atom stereocenters. The molecule has 2 aromatic carbocycles. The van der Waals surface area contributed by atoms with Gasteiger partial charge in [-0.25, -0.2) is 13.2 Å². The van der Waals surface area contributed by atoms with Crippen molar-refractivity contribution in [3.8, 4) is 0 Å². The summed E-state index contributed by atoms with van der Waals surface area (Å²) >= 11 is 5.85. The van der Waals surface area contributed by atoms with Gasteiger partial charge in [-0.2, -0.15) is 5.10 Å². The summed E-state index contributed by atoms with van der Waals surface area (Å²) < 4.78 is 38.9. The number of hydrogen-bond donors (Lipinski definition) is 1. The van der Waals surface area contributed by atoms with E-state index in [9.17, 15) is 13.2 Å². The van der Waals surface area contributed by atoms with Crippen LogP contribution in [-0.4, -0.2) is 5.17 Å². The van der Waals surface area contributed by atoms with Crippen LogP contribution in [0.4, 0.5) is 18.9 Å². The molecule has 2 nitrogen and oxygen atoms in total. The van der Waals surface area contributed by atoms with Crippen LogP contribution >= 0.6 is 11.6 Å². The van der Waals surface area contributed by atoms with Crippen LogP contribution in [-0.2, 0) is 0 Å². The first-order valence-electron chi connectivity index (χ1n) is 5.26. The molecule has 0 atom stereocenters. The van der Waals surface area contributed by atoms with E-state index in [1.165, 1.54) is 24.3 Å². The SMILES string of the molecule is Fc1ccc(C(Cl)=NNc2cc(F)ccc2F)cc1. The van der Waals surface area contributed by atoms with E-state index in [2.05, 4.69) is 10.5 Å². The number of rotatable bonds is 3. The summed E-state index contributed by atoms with van der Waals surface area (Å²) in [6.45, 7) is 0. The minimum atomic E-state index is -0.659. The van der Waals surface area contributed by atoms with Crippen LogP contribution in [0.5, 0.6) is 0 Å². The first kappa shape index (κ1) is 13.4. The summed E-state index contributed by atoms with van der Waals surface area (Å²) in [5.41, 5.74) is 2.63. The number of nitrogens with zero attached hydrogens (tertiary/aromatic N) is 1. The number of halogens is 4. The second kappa shape index (κ2) is 5.75. The molecule has 0 saturated heterocycles. The van der Waals surface area contributed by atoms with Gasteiger partial charge < -0.3 is 0 Å². The van der Waals surface area contributed by atoms with E-state index >= 15 is 0 Å². The lowest BCUT2D eigenvalue weighted by Gasteiger charge is -2.03. The molecule has 2 rings (SSSR count). The van der Waals surface area contributed by atoms with Gasteiger partial charge in [-0.05, 0) is 36.4 Å². The van der Waals surface area contributed by atoms with Gasteiger partial charge in [-0.15, -0.1) is 0 Å². The van der Waals surface area contributed by atoms with Gasteiger partial charge in [-0.1, -0.05) is 11.6 Å². The monoisotopic (exact) mass is 284 g/mol. The van der Waals surface area contributed by atoms with Crippen molar-refractivity contribution in [3.63, 3.8) is 0 Å². The largest absolute Gasteiger partial charge is 0.274 e. The Morgan fingerprint density at radius 2 is 1.58 bits per heavy atom. The Morgan fingerprint density at radius 1 is 0.947 bits per heavy atom. The van der Waals surface area contributed by atoms with Crippen LogP contribution < -0.4 is 5.43 Å². The zero-order valence-electron chi connectivity index (χ0n) is 9.50. The van der Waals surface area contributed by atoms with Crippen molar-refractivity contribution in [3.05, 3.63) is 65.5 Å². The lowest BCUT2D eigenvalue weighted by molar-refractivity contribution is 0.603. The molecule has 19 heavy (non-hydrogen) atoms. The lowest BCUT2D eigenvalue weighted by Crippen LogP contribution is -1.99. The molecule has 0 bridgehead atoms. The van der Waals surface area contributed by atoms with Crippen LogP contribution in [0.25, 0.3) is 0 Å². The summed E-state index contributed by atoms with van der Waals surface area (Å²) in [5, 5.41) is 3.70. The van der Waals surface area contributed by atoms with Crippen molar-refractivity contribution in [2.45, 2.75) is 0 Å². The first-order chi connectivity index (χ1) is 9.06. The Labute approximate surface area is 112 Å². The molecule has 0 fully saturated rings. The second-order valence-corrected chi connectivity index (χ2v) is 4.00. The van der Waals surface area contributed by atoms with Gasteiger partial charge in [0.1, 0.15) is 17.5 Å². The quantitative estimate of drug-likeness (QED) is 0.665. The molecule has 2 aromatic rings. The molecule has 0 saturated carbocycles. The number of nitrogens with one attached hydrogen (secondary N) is 1. The Kier molecular flexibility index (Phi) is 4.06. The molecular weight excluding hydrogens is 277 g/mol. The maximum absolute atomic E-state index is 13.3. The van der Waals surface area contributed by atoms with Crippen LogP contribution in [0, 0.1) is 17.5 Å². The van der Waals surface area contributed by atoms with E-state index in [-0.39, 0.29) is 10.9 Å². The van der Waals surface area contributed by atoms with Crippen molar-refractivity contribution in [1.82, 2.24) is 0 Å². The summed E-state index contributed by atoms with van der Waals surface area (Å²) in [7, 11) is 0. The fourth-order valence-corrected chi connectivity index (χ4v) is 1.51. The number of anilines is 1. The summed E-state index contributed by atoms with van der Waals surface area (Å²) in [5.74, 6) is -1.66. The van der Waals surface area contributed by atoms with Crippen molar-refractivity contribution < 1.29 is 13.2 Å². The summed E-state index contributed by atoms with van der Waals surface area (Å²) in [4.78, 5) is 0. The Morgan fingerprint density at radius 3 is 2.26 bits per heavy atom. The van der Waals surface area contributed by atoms with Gasteiger partial charge >= 0.3 is 0 Å². The van der Waals surface area contributed by atoms with Crippen molar-refractivity contribution >= 4 is 22.5 Å². The zero-order valence-corrected chi connectivity index (χ0v) is 10.3. The topological polar surface area (TPSA) is 24.4 Å². The first-order valence-corrected chi connectivity index (χ1v) is 5.64. The number of benzene rings is 2. The second-order valence-electron chi connectivity index (χ2n) is 3.65. The van der Waals surface area contributed by atoms with Crippen LogP contribution in [0.3, 0.4) is 0 Å². The maximum atomic E-state index is 13.3. The van der Waals surface area contributed by atoms with Gasteiger partial charge in [0, 0.05) is 11.6 Å². The molecule has 0 aliphatic heterocycles. The molecule has 0 aliphatic rings. The Bertz CT molecular complexity index is 612. The molecule has 6 heteroatoms. The van der Waals surface area contributed by atoms with E-state index in [1.54, 1.807) is 0 Å². The third-order valence-corrected chi connectivity index (χ3v) is 2.59. The van der Waals surface area contributed by atoms with Crippen LogP contribution in [0.15, 0.2) is 47.6 Å². The van der Waals surface area contributed by atoms with E-state index in [0.29, 0.717) is 5.56 Å². The van der Waals surface area contributed by atoms with E-state index in [0.717, 1.165) is 18.2 Å². The van der Waals surface area contributed by atoms with Crippen molar-refractivity contribution in [2.75, 3.05) is 5.43 Å². The molecule has 0 amide bonds. The van der Waals surface area contributed by atoms with Crippen molar-refractivity contribution in [1.29, 1.82) is 0 Å². The predicted octanol–water partition coefficient (Wildman–Crippen LogP) is 4.12. The molecule has 0 spiro atoms. The number of hydrazone groups is 1. The Hall–Kier alpha value is -2.01. The molecule has 1 N–H and O–H groups in total. The highest BCUT2D eigenvalue weighted by atomic mass is 35.5. The van der Waals surface area contributed by atoms with Gasteiger partial charge in [0.25, 0.3) is 0 Å². The van der Waals surface area contributed by atoms with E-state index in [4.69, 9.17) is 11.6 Å². The van der Waals surface area contributed by atoms with Gasteiger partial charge in [-0.3, -0.25) is 5.43 Å². The highest BCUT2D eigenvalue weighted by Crippen LogP contribution is 2.16. The minimum Gasteiger partial charge on any atom is -0.274 e. The fraction of sp³-hybridized carbons (Fsp3) is 0. The molecule has 98 valence electrons. The summed E-state index contributed by atoms with van der Waals surface area (Å²) in [6, 6.07) is 8.19. The number of hydrogen-bond acceptors (Lipinski definition) is 2. The third kappa shape index (κ3) is 3.48. The highest BCUT2D eigenvalue weighted by molar-refractivity contribution is 6.69. The standard InChI is InChI=1S/C13H8ClF3N2/c14-13(8-1-3-9(15)4-2-8)19-18-12-7-10(16)5-6-11(12)17/h1-7,18H. The average molecular weight is 285 g/mol. The minimum absolute atomic E-state index is 0.00339. The highest BCUT2D eigenvalue weighted by Gasteiger charge is 2.04. The summed E-state index contributed by atoms with van der Waals surface area (Å²) in [6.07, 6.45) is 0. The van der Waals surface area contributed by atoms with Crippen LogP contribution in [0.1, 0.15) is 5.56 Å². The normalized spacial score (nSPS) is 11.5. The maximum Gasteiger partial charge on any atom is 0.156 e. The zero-order chi connectivity index (χ0) is 13.8. The molecule has 0 radical (unpaired) electrons. The lowest BCUT2D eigenvalue weighted by atomic mass is 10.2. The molecular formula is C13H8ClF3N2. The molecule has 0 heterocycles. The average Bonchev–Trinajstić information content (AvgIpc) is 2.40. The van der Waals surface area contributed by atoms with Gasteiger partial charge in [0.15, 0.2) is 5.17 Å². The van der Waals surface area contributed by atoms with Crippen LogP contribution in [0.2, 0.25) is 0 Å². The predicted molar refractivity (Wildman–Crippen MR) is 68.8 cm³/mol. The van der Waals surface area contributed by atoms with E-state index in [1.807, 2.05) is 0 Å². The van der Waals surface area contributed by atoms with Crippen molar-refractivity contribution in [2.24, 2.45) is 5.10 Å².